The predicted molar refractivity (Wildman–Crippen MR) is 69.5 cm³/mol. The van der Waals surface area contributed by atoms with Crippen LogP contribution in [-0.4, -0.2) is 34.8 Å². The summed E-state index contributed by atoms with van der Waals surface area (Å²) < 4.78 is 37.6. The summed E-state index contributed by atoms with van der Waals surface area (Å²) in [6.07, 6.45) is -0.545. The molecule has 0 saturated heterocycles. The highest BCUT2D eigenvalue weighted by Gasteiger charge is 2.26. The van der Waals surface area contributed by atoms with Gasteiger partial charge in [0.15, 0.2) is 5.78 Å². The lowest BCUT2D eigenvalue weighted by atomic mass is 10.2. The fourth-order valence-electron chi connectivity index (χ4n) is 1.95. The van der Waals surface area contributed by atoms with Crippen molar-refractivity contribution in [1.29, 1.82) is 0 Å². The Kier molecular flexibility index (Phi) is 6.19. The van der Waals surface area contributed by atoms with Crippen LogP contribution in [0.25, 0.3) is 0 Å². The molecule has 1 N–H and O–H groups in total. The molecule has 0 amide bonds. The summed E-state index contributed by atoms with van der Waals surface area (Å²) in [6, 6.07) is 2.03. The second-order valence-corrected chi connectivity index (χ2v) is 4.69. The first-order chi connectivity index (χ1) is 9.35. The minimum atomic E-state index is -4.29. The molecule has 0 aliphatic carbocycles. The van der Waals surface area contributed by atoms with Crippen LogP contribution in [0.3, 0.4) is 0 Å². The second kappa shape index (κ2) is 7.42. The lowest BCUT2D eigenvalue weighted by molar-refractivity contribution is -0.127. The number of halogens is 3. The Balaban J connectivity index is 2.43. The lowest BCUT2D eigenvalue weighted by Gasteiger charge is -2.12. The number of hydrogen-bond acceptors (Lipinski definition) is 3. The number of carbonyl (C=O) groups excluding carboxylic acids is 1. The van der Waals surface area contributed by atoms with Gasteiger partial charge < -0.3 is 5.32 Å². The van der Waals surface area contributed by atoms with E-state index >= 15 is 0 Å². The molecule has 1 aromatic heterocycles. The van der Waals surface area contributed by atoms with Crippen LogP contribution in [0.5, 0.6) is 0 Å². The molecule has 4 nitrogen and oxygen atoms in total. The molecular weight excluding hydrogens is 271 g/mol. The maximum atomic E-state index is 11.9. The molecule has 0 aromatic carbocycles. The molecule has 0 radical (unpaired) electrons. The van der Waals surface area contributed by atoms with E-state index in [1.807, 2.05) is 10.9 Å². The first-order valence-electron chi connectivity index (χ1n) is 6.69. The first kappa shape index (κ1) is 16.7. The van der Waals surface area contributed by atoms with Crippen molar-refractivity contribution in [3.05, 3.63) is 18.0 Å². The lowest BCUT2D eigenvalue weighted by Crippen LogP contribution is -2.33. The van der Waals surface area contributed by atoms with E-state index in [1.165, 1.54) is 0 Å². The molecule has 1 aromatic rings. The van der Waals surface area contributed by atoms with Gasteiger partial charge >= 0.3 is 6.18 Å². The van der Waals surface area contributed by atoms with Gasteiger partial charge in [-0.25, -0.2) is 0 Å². The standard InChI is InChI=1S/C13H20F3N3O/c1-3-11(4-2)19-6-5-10(18-19)7-12(20)8-17-9-13(14,15)16/h5-6,11,17H,3-4,7-9H2,1-2H3. The van der Waals surface area contributed by atoms with Crippen molar-refractivity contribution >= 4 is 5.78 Å². The molecule has 0 aliphatic rings. The van der Waals surface area contributed by atoms with Gasteiger partial charge in [-0.05, 0) is 18.9 Å². The molecule has 0 unspecified atom stereocenters. The molecule has 0 fully saturated rings. The fourth-order valence-corrected chi connectivity index (χ4v) is 1.95. The number of alkyl halides is 3. The SMILES string of the molecule is CCC(CC)n1ccc(CC(=O)CNCC(F)(F)F)n1. The number of Topliss-reactive ketones (excluding diaryl/α,β-unsaturated/α-hetero) is 1. The highest BCUT2D eigenvalue weighted by molar-refractivity contribution is 5.82. The third-order valence-corrected chi connectivity index (χ3v) is 3.01. The Morgan fingerprint density at radius 3 is 2.60 bits per heavy atom. The third kappa shape index (κ3) is 5.73. The van der Waals surface area contributed by atoms with Crippen LogP contribution in [0.2, 0.25) is 0 Å². The van der Waals surface area contributed by atoms with Gasteiger partial charge in [-0.2, -0.15) is 18.3 Å². The van der Waals surface area contributed by atoms with E-state index in [4.69, 9.17) is 0 Å². The maximum Gasteiger partial charge on any atom is 0.401 e. The number of hydrogen-bond donors (Lipinski definition) is 1. The van der Waals surface area contributed by atoms with Crippen LogP contribution in [0.15, 0.2) is 12.3 Å². The van der Waals surface area contributed by atoms with Crippen LogP contribution < -0.4 is 5.32 Å². The Hall–Kier alpha value is -1.37. The molecular formula is C13H20F3N3O. The topological polar surface area (TPSA) is 46.9 Å². The molecule has 1 rings (SSSR count). The van der Waals surface area contributed by atoms with E-state index in [9.17, 15) is 18.0 Å². The average molecular weight is 291 g/mol. The van der Waals surface area contributed by atoms with Gasteiger partial charge in [0.05, 0.1) is 31.2 Å². The number of aromatic nitrogens is 2. The summed E-state index contributed by atoms with van der Waals surface area (Å²) in [7, 11) is 0. The minimum absolute atomic E-state index is 0.0536. The Labute approximate surface area is 116 Å². The quantitative estimate of drug-likeness (QED) is 0.800. The predicted octanol–water partition coefficient (Wildman–Crippen LogP) is 2.51. The Morgan fingerprint density at radius 1 is 1.40 bits per heavy atom. The summed E-state index contributed by atoms with van der Waals surface area (Å²) in [6.45, 7) is 2.67. The highest BCUT2D eigenvalue weighted by Crippen LogP contribution is 2.15. The van der Waals surface area contributed by atoms with Crippen LogP contribution in [-0.2, 0) is 11.2 Å². The van der Waals surface area contributed by atoms with Gasteiger partial charge in [-0.3, -0.25) is 9.48 Å². The number of carbonyl (C=O) groups is 1. The molecule has 0 spiro atoms. The van der Waals surface area contributed by atoms with E-state index in [0.29, 0.717) is 11.7 Å². The molecule has 20 heavy (non-hydrogen) atoms. The summed E-state index contributed by atoms with van der Waals surface area (Å²) in [5, 5.41) is 6.38. The first-order valence-corrected chi connectivity index (χ1v) is 6.69. The number of ketones is 1. The fraction of sp³-hybridized carbons (Fsp3) is 0.692. The van der Waals surface area contributed by atoms with E-state index in [2.05, 4.69) is 24.3 Å². The molecule has 1 heterocycles. The number of nitrogens with zero attached hydrogens (tertiary/aromatic N) is 2. The third-order valence-electron chi connectivity index (χ3n) is 3.01. The number of nitrogens with one attached hydrogen (secondary N) is 1. The number of rotatable bonds is 8. The molecule has 7 heteroatoms. The van der Waals surface area contributed by atoms with Gasteiger partial charge in [-0.15, -0.1) is 0 Å². The van der Waals surface area contributed by atoms with E-state index in [0.717, 1.165) is 12.8 Å². The van der Waals surface area contributed by atoms with Gasteiger partial charge in [0.25, 0.3) is 0 Å². The van der Waals surface area contributed by atoms with E-state index < -0.39 is 12.7 Å². The summed E-state index contributed by atoms with van der Waals surface area (Å²) in [5.74, 6) is -0.302. The largest absolute Gasteiger partial charge is 0.401 e. The molecule has 0 saturated carbocycles. The van der Waals surface area contributed by atoms with Crippen LogP contribution in [0, 0.1) is 0 Å². The highest BCUT2D eigenvalue weighted by atomic mass is 19.4. The monoisotopic (exact) mass is 291 g/mol. The van der Waals surface area contributed by atoms with E-state index in [1.54, 1.807) is 6.07 Å². The summed E-state index contributed by atoms with van der Waals surface area (Å²) >= 11 is 0. The van der Waals surface area contributed by atoms with Gasteiger partial charge in [0, 0.05) is 6.20 Å². The van der Waals surface area contributed by atoms with Crippen molar-refractivity contribution in [2.45, 2.75) is 45.3 Å². The molecule has 0 aliphatic heterocycles. The van der Waals surface area contributed by atoms with Crippen molar-refractivity contribution in [3.8, 4) is 0 Å². The van der Waals surface area contributed by atoms with Crippen LogP contribution in [0.4, 0.5) is 13.2 Å². The maximum absolute atomic E-state index is 11.9. The van der Waals surface area contributed by atoms with Crippen LogP contribution >= 0.6 is 0 Å². The Bertz CT molecular complexity index is 425. The summed E-state index contributed by atoms with van der Waals surface area (Å²) in [4.78, 5) is 11.5. The van der Waals surface area contributed by atoms with Gasteiger partial charge in [0.1, 0.15) is 0 Å². The zero-order chi connectivity index (χ0) is 15.2. The average Bonchev–Trinajstić information content (AvgIpc) is 2.77. The van der Waals surface area contributed by atoms with Crippen molar-refractivity contribution in [3.63, 3.8) is 0 Å². The van der Waals surface area contributed by atoms with E-state index in [-0.39, 0.29) is 18.7 Å². The normalized spacial score (nSPS) is 12.1. The van der Waals surface area contributed by atoms with Crippen molar-refractivity contribution < 1.29 is 18.0 Å². The van der Waals surface area contributed by atoms with Gasteiger partial charge in [-0.1, -0.05) is 13.8 Å². The van der Waals surface area contributed by atoms with Crippen molar-refractivity contribution in [2.75, 3.05) is 13.1 Å². The minimum Gasteiger partial charge on any atom is -0.302 e. The van der Waals surface area contributed by atoms with Gasteiger partial charge in [0.2, 0.25) is 0 Å². The van der Waals surface area contributed by atoms with Crippen molar-refractivity contribution in [2.24, 2.45) is 0 Å². The Morgan fingerprint density at radius 2 is 2.05 bits per heavy atom. The van der Waals surface area contributed by atoms with Crippen molar-refractivity contribution in [1.82, 2.24) is 15.1 Å². The van der Waals surface area contributed by atoms with Crippen LogP contribution in [0.1, 0.15) is 38.4 Å². The zero-order valence-corrected chi connectivity index (χ0v) is 11.7. The molecule has 114 valence electrons. The molecule has 0 bridgehead atoms. The zero-order valence-electron chi connectivity index (χ0n) is 11.7. The molecule has 0 atom stereocenters. The smallest absolute Gasteiger partial charge is 0.302 e. The summed E-state index contributed by atoms with van der Waals surface area (Å²) in [5.41, 5.74) is 0.593. The second-order valence-electron chi connectivity index (χ2n) is 4.69.